The summed E-state index contributed by atoms with van der Waals surface area (Å²) in [5.74, 6) is 0.0753. The van der Waals surface area contributed by atoms with Gasteiger partial charge in [-0.15, -0.1) is 0 Å². The van der Waals surface area contributed by atoms with Gasteiger partial charge in [-0.05, 0) is 46.2 Å². The molecule has 6 heteroatoms. The maximum atomic E-state index is 11.0. The molecule has 5 nitrogen and oxygen atoms in total. The van der Waals surface area contributed by atoms with Crippen LogP contribution >= 0.6 is 0 Å². The molecule has 2 aliphatic rings. The van der Waals surface area contributed by atoms with E-state index in [0.717, 1.165) is 19.6 Å². The van der Waals surface area contributed by atoms with E-state index in [9.17, 15) is 8.42 Å². The molecule has 2 atom stereocenters. The molecule has 124 valence electrons. The maximum Gasteiger partial charge on any atom is 0.209 e. The number of rotatable bonds is 7. The average Bonchev–Trinajstić information content (AvgIpc) is 2.42. The van der Waals surface area contributed by atoms with E-state index < -0.39 is 10.0 Å². The summed E-state index contributed by atoms with van der Waals surface area (Å²) in [4.78, 5) is 2.34. The van der Waals surface area contributed by atoms with Crippen molar-refractivity contribution in [2.45, 2.75) is 64.0 Å². The molecule has 0 unspecified atom stereocenters. The summed E-state index contributed by atoms with van der Waals surface area (Å²) in [6.45, 7) is 3.65. The number of sulfonamides is 1. The van der Waals surface area contributed by atoms with E-state index in [0.29, 0.717) is 24.0 Å². The monoisotopic (exact) mass is 318 g/mol. The predicted octanol–water partition coefficient (Wildman–Crippen LogP) is 1.72. The summed E-state index contributed by atoms with van der Waals surface area (Å²) in [5, 5.41) is 5.08. The molecule has 0 bridgehead atoms. The van der Waals surface area contributed by atoms with Crippen LogP contribution in [0.4, 0.5) is 0 Å². The largest absolute Gasteiger partial charge is 0.378 e. The zero-order chi connectivity index (χ0) is 15.5. The highest BCUT2D eigenvalue weighted by Crippen LogP contribution is 2.55. The van der Waals surface area contributed by atoms with Crippen molar-refractivity contribution < 1.29 is 13.2 Å². The minimum atomic E-state index is -3.34. The molecule has 1 spiro atoms. The van der Waals surface area contributed by atoms with Crippen LogP contribution in [0.1, 0.15) is 51.9 Å². The Morgan fingerprint density at radius 1 is 1.29 bits per heavy atom. The Bertz CT molecular complexity index is 432. The quantitative estimate of drug-likeness (QED) is 0.776. The molecule has 2 saturated carbocycles. The van der Waals surface area contributed by atoms with E-state index in [-0.39, 0.29) is 5.75 Å². The molecule has 2 fully saturated rings. The summed E-state index contributed by atoms with van der Waals surface area (Å²) < 4.78 is 28.0. The lowest BCUT2D eigenvalue weighted by molar-refractivity contribution is -0.178. The summed E-state index contributed by atoms with van der Waals surface area (Å²) in [6, 6.07) is 0.537. The lowest BCUT2D eigenvalue weighted by atomic mass is 9.54. The van der Waals surface area contributed by atoms with Crippen molar-refractivity contribution in [1.82, 2.24) is 4.90 Å². The van der Waals surface area contributed by atoms with Crippen LogP contribution in [0.15, 0.2) is 0 Å². The Kier molecular flexibility index (Phi) is 5.68. The van der Waals surface area contributed by atoms with Crippen LogP contribution in [-0.2, 0) is 14.8 Å². The van der Waals surface area contributed by atoms with Crippen molar-refractivity contribution in [3.8, 4) is 0 Å². The molecule has 2 rings (SSSR count). The molecule has 2 aliphatic carbocycles. The summed E-state index contributed by atoms with van der Waals surface area (Å²) in [5.41, 5.74) is 0.310. The second kappa shape index (κ2) is 6.94. The molecule has 21 heavy (non-hydrogen) atoms. The topological polar surface area (TPSA) is 72.6 Å². The van der Waals surface area contributed by atoms with Gasteiger partial charge in [0, 0.05) is 18.1 Å². The van der Waals surface area contributed by atoms with Crippen LogP contribution < -0.4 is 5.14 Å². The van der Waals surface area contributed by atoms with E-state index >= 15 is 0 Å². The van der Waals surface area contributed by atoms with Crippen molar-refractivity contribution in [3.05, 3.63) is 0 Å². The fourth-order valence-corrected chi connectivity index (χ4v) is 4.85. The summed E-state index contributed by atoms with van der Waals surface area (Å²) >= 11 is 0. The van der Waals surface area contributed by atoms with Gasteiger partial charge in [0.05, 0.1) is 11.9 Å². The molecule has 0 radical (unpaired) electrons. The van der Waals surface area contributed by atoms with Crippen LogP contribution in [-0.4, -0.2) is 51.4 Å². The first-order chi connectivity index (χ1) is 9.89. The summed E-state index contributed by atoms with van der Waals surface area (Å²) in [6.07, 6.45) is 8.53. The Hall–Kier alpha value is -0.170. The molecule has 0 aromatic carbocycles. The van der Waals surface area contributed by atoms with Crippen LogP contribution in [0, 0.1) is 5.41 Å². The molecule has 0 heterocycles. The van der Waals surface area contributed by atoms with Gasteiger partial charge in [0.1, 0.15) is 0 Å². The van der Waals surface area contributed by atoms with Gasteiger partial charge >= 0.3 is 0 Å². The van der Waals surface area contributed by atoms with Crippen LogP contribution in [0.3, 0.4) is 0 Å². The van der Waals surface area contributed by atoms with Gasteiger partial charge in [-0.3, -0.25) is 0 Å². The standard InChI is InChI=1S/C15H30N2O3S/c1-3-20-14-12-13(15(14)8-5-4-6-9-15)17(2)10-7-11-21(16,18)19/h13-14H,3-12H2,1-2H3,(H2,16,18,19)/t13-,14-/m0/s1. The molecule has 0 amide bonds. The van der Waals surface area contributed by atoms with Gasteiger partial charge in [0.25, 0.3) is 0 Å². The Morgan fingerprint density at radius 2 is 1.95 bits per heavy atom. The van der Waals surface area contributed by atoms with E-state index in [1.54, 1.807) is 0 Å². The van der Waals surface area contributed by atoms with Crippen molar-refractivity contribution in [2.24, 2.45) is 10.6 Å². The summed E-state index contributed by atoms with van der Waals surface area (Å²) in [7, 11) is -1.22. The van der Waals surface area contributed by atoms with E-state index in [2.05, 4.69) is 18.9 Å². The smallest absolute Gasteiger partial charge is 0.209 e. The number of primary sulfonamides is 1. The molecule has 0 saturated heterocycles. The highest BCUT2D eigenvalue weighted by molar-refractivity contribution is 7.89. The van der Waals surface area contributed by atoms with Gasteiger partial charge in [-0.1, -0.05) is 19.3 Å². The third-order valence-electron chi connectivity index (χ3n) is 5.37. The van der Waals surface area contributed by atoms with Crippen LogP contribution in [0.25, 0.3) is 0 Å². The van der Waals surface area contributed by atoms with Gasteiger partial charge < -0.3 is 9.64 Å². The average molecular weight is 318 g/mol. The fraction of sp³-hybridized carbons (Fsp3) is 1.00. The lowest BCUT2D eigenvalue weighted by Gasteiger charge is -2.60. The van der Waals surface area contributed by atoms with Crippen molar-refractivity contribution in [1.29, 1.82) is 0 Å². The second-order valence-corrected chi connectivity index (χ2v) is 8.42. The maximum absolute atomic E-state index is 11.0. The normalized spacial score (nSPS) is 28.8. The molecular formula is C15H30N2O3S. The molecule has 2 N–H and O–H groups in total. The minimum absolute atomic E-state index is 0.0753. The van der Waals surface area contributed by atoms with Crippen LogP contribution in [0.2, 0.25) is 0 Å². The van der Waals surface area contributed by atoms with Gasteiger partial charge in [-0.2, -0.15) is 0 Å². The minimum Gasteiger partial charge on any atom is -0.378 e. The first kappa shape index (κ1) is 17.2. The zero-order valence-corrected chi connectivity index (χ0v) is 14.2. The van der Waals surface area contributed by atoms with Gasteiger partial charge in [-0.25, -0.2) is 13.6 Å². The number of ether oxygens (including phenoxy) is 1. The Morgan fingerprint density at radius 3 is 2.52 bits per heavy atom. The van der Waals surface area contributed by atoms with E-state index in [1.807, 2.05) is 0 Å². The second-order valence-electron chi connectivity index (χ2n) is 6.69. The predicted molar refractivity (Wildman–Crippen MR) is 84.6 cm³/mol. The van der Waals surface area contributed by atoms with Gasteiger partial charge in [0.2, 0.25) is 10.0 Å². The fourth-order valence-electron chi connectivity index (χ4n) is 4.32. The zero-order valence-electron chi connectivity index (χ0n) is 13.4. The lowest BCUT2D eigenvalue weighted by Crippen LogP contribution is -2.64. The first-order valence-corrected chi connectivity index (χ1v) is 9.93. The van der Waals surface area contributed by atoms with Gasteiger partial charge in [0.15, 0.2) is 0 Å². The van der Waals surface area contributed by atoms with Crippen molar-refractivity contribution >= 4 is 10.0 Å². The number of hydrogen-bond donors (Lipinski definition) is 1. The van der Waals surface area contributed by atoms with Crippen molar-refractivity contribution in [2.75, 3.05) is 26.0 Å². The van der Waals surface area contributed by atoms with Crippen LogP contribution in [0.5, 0.6) is 0 Å². The molecule has 0 aromatic heterocycles. The number of nitrogens with zero attached hydrogens (tertiary/aromatic N) is 1. The highest BCUT2D eigenvalue weighted by atomic mass is 32.2. The SMILES string of the molecule is CCO[C@H]1C[C@H](N(C)CCCS(N)(=O)=O)C12CCCCC2. The van der Waals surface area contributed by atoms with Crippen molar-refractivity contribution in [3.63, 3.8) is 0 Å². The third-order valence-corrected chi connectivity index (χ3v) is 6.22. The third kappa shape index (κ3) is 3.97. The van der Waals surface area contributed by atoms with E-state index in [4.69, 9.17) is 9.88 Å². The first-order valence-electron chi connectivity index (χ1n) is 8.21. The molecule has 0 aromatic rings. The molecular weight excluding hydrogens is 288 g/mol. The highest BCUT2D eigenvalue weighted by Gasteiger charge is 2.56. The Labute approximate surface area is 129 Å². The number of nitrogens with two attached hydrogens (primary N) is 1. The van der Waals surface area contributed by atoms with E-state index in [1.165, 1.54) is 32.1 Å². The number of hydrogen-bond acceptors (Lipinski definition) is 4. The molecule has 0 aliphatic heterocycles. The Balaban J connectivity index is 1.92.